The second-order valence-corrected chi connectivity index (χ2v) is 5.17. The quantitative estimate of drug-likeness (QED) is 0.530. The third kappa shape index (κ3) is 3.91. The highest BCUT2D eigenvalue weighted by atomic mass is 16.6. The van der Waals surface area contributed by atoms with Gasteiger partial charge in [0.2, 0.25) is 11.8 Å². The molecular formula is C13H18N4O4. The largest absolute Gasteiger partial charge is 0.378 e. The maximum atomic E-state index is 11.7. The van der Waals surface area contributed by atoms with Crippen molar-refractivity contribution in [3.63, 3.8) is 0 Å². The van der Waals surface area contributed by atoms with Crippen LogP contribution in [0.2, 0.25) is 0 Å². The Hall–Kier alpha value is -2.64. The van der Waals surface area contributed by atoms with E-state index in [0.29, 0.717) is 0 Å². The van der Waals surface area contributed by atoms with Gasteiger partial charge >= 0.3 is 0 Å². The zero-order valence-corrected chi connectivity index (χ0v) is 12.1. The minimum Gasteiger partial charge on any atom is -0.378 e. The molecule has 0 saturated carbocycles. The van der Waals surface area contributed by atoms with Gasteiger partial charge in [-0.1, -0.05) is 0 Å². The van der Waals surface area contributed by atoms with Crippen molar-refractivity contribution in [2.75, 3.05) is 18.9 Å². The summed E-state index contributed by atoms with van der Waals surface area (Å²) in [6.07, 6.45) is 0. The number of benzene rings is 1. The summed E-state index contributed by atoms with van der Waals surface area (Å²) in [5.74, 6) is -0.887. The molecule has 0 fully saturated rings. The first kappa shape index (κ1) is 16.4. The van der Waals surface area contributed by atoms with Crippen molar-refractivity contribution in [2.24, 2.45) is 11.1 Å². The second kappa shape index (κ2) is 6.21. The van der Waals surface area contributed by atoms with Crippen molar-refractivity contribution in [1.82, 2.24) is 5.32 Å². The molecule has 4 N–H and O–H groups in total. The van der Waals surface area contributed by atoms with E-state index in [-0.39, 0.29) is 29.4 Å². The summed E-state index contributed by atoms with van der Waals surface area (Å²) in [5.41, 5.74) is 4.50. The molecule has 1 rings (SSSR count). The summed E-state index contributed by atoms with van der Waals surface area (Å²) in [6.45, 7) is 3.56. The Morgan fingerprint density at radius 1 is 1.38 bits per heavy atom. The predicted molar refractivity (Wildman–Crippen MR) is 78.0 cm³/mol. The van der Waals surface area contributed by atoms with Gasteiger partial charge in [0.15, 0.2) is 0 Å². The lowest BCUT2D eigenvalue weighted by Crippen LogP contribution is -2.39. The van der Waals surface area contributed by atoms with Gasteiger partial charge in [-0.05, 0) is 26.0 Å². The number of hydrogen-bond donors (Lipinski definition) is 3. The third-order valence-electron chi connectivity index (χ3n) is 3.04. The zero-order chi connectivity index (χ0) is 16.2. The topological polar surface area (TPSA) is 127 Å². The maximum absolute atomic E-state index is 11.7. The first-order chi connectivity index (χ1) is 9.69. The molecular weight excluding hydrogens is 276 g/mol. The average Bonchev–Trinajstić information content (AvgIpc) is 2.43. The summed E-state index contributed by atoms with van der Waals surface area (Å²) in [5, 5.41) is 16.3. The van der Waals surface area contributed by atoms with Crippen LogP contribution in [0.4, 0.5) is 11.4 Å². The molecule has 0 unspecified atom stereocenters. The Labute approximate surface area is 121 Å². The smallest absolute Gasteiger partial charge is 0.292 e. The van der Waals surface area contributed by atoms with Gasteiger partial charge in [0, 0.05) is 25.2 Å². The molecule has 1 aromatic rings. The Morgan fingerprint density at radius 2 is 2.00 bits per heavy atom. The molecule has 0 heterocycles. The first-order valence-electron chi connectivity index (χ1n) is 6.23. The molecule has 8 heteroatoms. The lowest BCUT2D eigenvalue weighted by molar-refractivity contribution is -0.384. The minimum absolute atomic E-state index is 0.147. The highest BCUT2D eigenvalue weighted by Crippen LogP contribution is 2.27. The lowest BCUT2D eigenvalue weighted by Gasteiger charge is -2.23. The molecule has 0 spiro atoms. The van der Waals surface area contributed by atoms with Crippen molar-refractivity contribution in [3.05, 3.63) is 33.9 Å². The van der Waals surface area contributed by atoms with Crippen LogP contribution in [-0.2, 0) is 4.79 Å². The van der Waals surface area contributed by atoms with Gasteiger partial charge in [0.25, 0.3) is 5.69 Å². The SMILES string of the molecule is CNC(=O)C(C)(C)CNc1cc(C(N)=O)ccc1[N+](=O)[O-]. The summed E-state index contributed by atoms with van der Waals surface area (Å²) >= 11 is 0. The highest BCUT2D eigenvalue weighted by Gasteiger charge is 2.27. The fourth-order valence-corrected chi connectivity index (χ4v) is 1.72. The van der Waals surface area contributed by atoms with Gasteiger partial charge < -0.3 is 16.4 Å². The van der Waals surface area contributed by atoms with Crippen LogP contribution in [-0.4, -0.2) is 30.3 Å². The van der Waals surface area contributed by atoms with Crippen LogP contribution in [0.1, 0.15) is 24.2 Å². The van der Waals surface area contributed by atoms with E-state index in [2.05, 4.69) is 10.6 Å². The number of rotatable bonds is 6. The number of nitrogens with zero attached hydrogens (tertiary/aromatic N) is 1. The van der Waals surface area contributed by atoms with Gasteiger partial charge in [-0.2, -0.15) is 0 Å². The molecule has 114 valence electrons. The van der Waals surface area contributed by atoms with E-state index in [4.69, 9.17) is 5.73 Å². The predicted octanol–water partition coefficient (Wildman–Crippen LogP) is 0.878. The standard InChI is InChI=1S/C13H18N4O4/c1-13(2,12(19)15-3)7-16-9-6-8(11(14)18)4-5-10(9)17(20)21/h4-6,16H,7H2,1-3H3,(H2,14,18)(H,15,19). The Bertz CT molecular complexity index is 584. The molecule has 0 aliphatic rings. The van der Waals surface area contributed by atoms with Crippen LogP contribution in [0.5, 0.6) is 0 Å². The molecule has 1 aromatic carbocycles. The number of hydrogen-bond acceptors (Lipinski definition) is 5. The summed E-state index contributed by atoms with van der Waals surface area (Å²) in [7, 11) is 1.51. The van der Waals surface area contributed by atoms with Crippen molar-refractivity contribution in [3.8, 4) is 0 Å². The first-order valence-corrected chi connectivity index (χ1v) is 6.23. The summed E-state index contributed by atoms with van der Waals surface area (Å²) in [4.78, 5) is 33.3. The molecule has 21 heavy (non-hydrogen) atoms. The van der Waals surface area contributed by atoms with E-state index in [0.717, 1.165) is 0 Å². The number of nitrogens with one attached hydrogen (secondary N) is 2. The van der Waals surface area contributed by atoms with Crippen molar-refractivity contribution in [2.45, 2.75) is 13.8 Å². The van der Waals surface area contributed by atoms with Gasteiger partial charge in [0.05, 0.1) is 10.3 Å². The number of carbonyl (C=O) groups is 2. The molecule has 8 nitrogen and oxygen atoms in total. The van der Waals surface area contributed by atoms with Gasteiger partial charge in [-0.3, -0.25) is 19.7 Å². The molecule has 0 aliphatic heterocycles. The van der Waals surface area contributed by atoms with Crippen molar-refractivity contribution in [1.29, 1.82) is 0 Å². The van der Waals surface area contributed by atoms with Crippen LogP contribution in [0.15, 0.2) is 18.2 Å². The fourth-order valence-electron chi connectivity index (χ4n) is 1.72. The molecule has 0 atom stereocenters. The molecule has 0 saturated heterocycles. The van der Waals surface area contributed by atoms with E-state index in [1.807, 2.05) is 0 Å². The maximum Gasteiger partial charge on any atom is 0.292 e. The van der Waals surface area contributed by atoms with Gasteiger partial charge in [-0.25, -0.2) is 0 Å². The number of nitro benzene ring substituents is 1. The number of amides is 2. The van der Waals surface area contributed by atoms with Crippen LogP contribution in [0.3, 0.4) is 0 Å². The summed E-state index contributed by atoms with van der Waals surface area (Å²) in [6, 6.07) is 3.80. The van der Waals surface area contributed by atoms with Crippen LogP contribution >= 0.6 is 0 Å². The van der Waals surface area contributed by atoms with E-state index in [9.17, 15) is 19.7 Å². The van der Waals surface area contributed by atoms with Crippen LogP contribution in [0.25, 0.3) is 0 Å². The Balaban J connectivity index is 3.05. The molecule has 0 bridgehead atoms. The molecule has 2 amide bonds. The van der Waals surface area contributed by atoms with E-state index < -0.39 is 16.2 Å². The second-order valence-electron chi connectivity index (χ2n) is 5.17. The van der Waals surface area contributed by atoms with Crippen molar-refractivity contribution >= 4 is 23.2 Å². The number of nitro groups is 1. The zero-order valence-electron chi connectivity index (χ0n) is 12.1. The van der Waals surface area contributed by atoms with E-state index in [1.54, 1.807) is 13.8 Å². The number of primary amides is 1. The molecule has 0 radical (unpaired) electrons. The monoisotopic (exact) mass is 294 g/mol. The highest BCUT2D eigenvalue weighted by molar-refractivity contribution is 5.94. The Kier molecular flexibility index (Phi) is 4.85. The minimum atomic E-state index is -0.772. The van der Waals surface area contributed by atoms with Crippen LogP contribution in [0, 0.1) is 15.5 Å². The molecule has 0 aromatic heterocycles. The Morgan fingerprint density at radius 3 is 2.48 bits per heavy atom. The van der Waals surface area contributed by atoms with Crippen molar-refractivity contribution < 1.29 is 14.5 Å². The summed E-state index contributed by atoms with van der Waals surface area (Å²) < 4.78 is 0. The number of anilines is 1. The number of nitrogens with two attached hydrogens (primary N) is 1. The van der Waals surface area contributed by atoms with Crippen LogP contribution < -0.4 is 16.4 Å². The third-order valence-corrected chi connectivity index (χ3v) is 3.04. The van der Waals surface area contributed by atoms with Gasteiger partial charge in [-0.15, -0.1) is 0 Å². The van der Waals surface area contributed by atoms with E-state index >= 15 is 0 Å². The lowest BCUT2D eigenvalue weighted by atomic mass is 9.92. The van der Waals surface area contributed by atoms with Gasteiger partial charge in [0.1, 0.15) is 5.69 Å². The van der Waals surface area contributed by atoms with E-state index in [1.165, 1.54) is 25.2 Å². The number of carbonyl (C=O) groups excluding carboxylic acids is 2. The fraction of sp³-hybridized carbons (Fsp3) is 0.385. The molecule has 0 aliphatic carbocycles. The average molecular weight is 294 g/mol. The normalized spacial score (nSPS) is 10.8.